The molecule has 0 spiro atoms. The SMILES string of the molecule is CN(C)CCC(=O)N1CCN(C(=O)C2CCCC2)CC1. The van der Waals surface area contributed by atoms with Crippen LogP contribution in [0.1, 0.15) is 32.1 Å². The molecular formula is C15H27N3O2. The molecule has 1 heterocycles. The summed E-state index contributed by atoms with van der Waals surface area (Å²) in [5, 5.41) is 0. The van der Waals surface area contributed by atoms with Gasteiger partial charge in [-0.3, -0.25) is 9.59 Å². The second-order valence-electron chi connectivity index (χ2n) is 6.24. The van der Waals surface area contributed by atoms with Crippen LogP contribution in [-0.2, 0) is 9.59 Å². The van der Waals surface area contributed by atoms with Gasteiger partial charge in [-0.25, -0.2) is 0 Å². The maximum absolute atomic E-state index is 12.3. The van der Waals surface area contributed by atoms with Crippen LogP contribution >= 0.6 is 0 Å². The van der Waals surface area contributed by atoms with Gasteiger partial charge in [0.05, 0.1) is 0 Å². The van der Waals surface area contributed by atoms with Crippen molar-refractivity contribution in [2.45, 2.75) is 32.1 Å². The number of hydrogen-bond donors (Lipinski definition) is 0. The lowest BCUT2D eigenvalue weighted by molar-refractivity contribution is -0.142. The van der Waals surface area contributed by atoms with E-state index in [9.17, 15) is 9.59 Å². The van der Waals surface area contributed by atoms with Crippen molar-refractivity contribution in [2.75, 3.05) is 46.8 Å². The minimum absolute atomic E-state index is 0.215. The molecule has 1 aliphatic carbocycles. The predicted molar refractivity (Wildman–Crippen MR) is 78.3 cm³/mol. The van der Waals surface area contributed by atoms with Crippen molar-refractivity contribution in [3.63, 3.8) is 0 Å². The first-order valence-corrected chi connectivity index (χ1v) is 7.79. The Morgan fingerprint density at radius 2 is 1.55 bits per heavy atom. The number of rotatable bonds is 4. The van der Waals surface area contributed by atoms with Crippen molar-refractivity contribution in [1.82, 2.24) is 14.7 Å². The lowest BCUT2D eigenvalue weighted by atomic mass is 10.1. The molecule has 5 nitrogen and oxygen atoms in total. The maximum Gasteiger partial charge on any atom is 0.225 e. The molecule has 0 aromatic heterocycles. The fourth-order valence-corrected chi connectivity index (χ4v) is 3.08. The van der Waals surface area contributed by atoms with Gasteiger partial charge in [0.25, 0.3) is 0 Å². The van der Waals surface area contributed by atoms with Crippen molar-refractivity contribution in [3.05, 3.63) is 0 Å². The van der Waals surface area contributed by atoms with Gasteiger partial charge in [0.2, 0.25) is 11.8 Å². The summed E-state index contributed by atoms with van der Waals surface area (Å²) in [6, 6.07) is 0. The first-order chi connectivity index (χ1) is 9.58. The number of amides is 2. The van der Waals surface area contributed by atoms with Crippen LogP contribution in [0.25, 0.3) is 0 Å². The van der Waals surface area contributed by atoms with Crippen LogP contribution in [0, 0.1) is 5.92 Å². The van der Waals surface area contributed by atoms with Crippen LogP contribution in [0.3, 0.4) is 0 Å². The highest BCUT2D eigenvalue weighted by atomic mass is 16.2. The molecule has 1 saturated carbocycles. The van der Waals surface area contributed by atoms with Gasteiger partial charge in [0.15, 0.2) is 0 Å². The van der Waals surface area contributed by atoms with Gasteiger partial charge in [0, 0.05) is 45.1 Å². The van der Waals surface area contributed by atoms with E-state index in [2.05, 4.69) is 0 Å². The molecule has 0 unspecified atom stereocenters. The predicted octanol–water partition coefficient (Wildman–Crippen LogP) is 0.799. The summed E-state index contributed by atoms with van der Waals surface area (Å²) in [4.78, 5) is 30.2. The van der Waals surface area contributed by atoms with Crippen LogP contribution in [-0.4, -0.2) is 73.3 Å². The molecule has 1 aliphatic heterocycles. The monoisotopic (exact) mass is 281 g/mol. The molecule has 2 fully saturated rings. The third kappa shape index (κ3) is 3.95. The first kappa shape index (κ1) is 15.3. The summed E-state index contributed by atoms with van der Waals surface area (Å²) in [6.07, 6.45) is 5.07. The Morgan fingerprint density at radius 1 is 1.00 bits per heavy atom. The molecule has 0 atom stereocenters. The van der Waals surface area contributed by atoms with Crippen LogP contribution in [0.5, 0.6) is 0 Å². The number of carbonyl (C=O) groups excluding carboxylic acids is 2. The Hall–Kier alpha value is -1.10. The summed E-state index contributed by atoms with van der Waals surface area (Å²) in [5.74, 6) is 0.792. The molecule has 1 saturated heterocycles. The van der Waals surface area contributed by atoms with Gasteiger partial charge in [-0.1, -0.05) is 12.8 Å². The van der Waals surface area contributed by atoms with Crippen molar-refractivity contribution in [2.24, 2.45) is 5.92 Å². The van der Waals surface area contributed by atoms with Gasteiger partial charge < -0.3 is 14.7 Å². The Balaban J connectivity index is 1.74. The Bertz CT molecular complexity index is 343. The number of nitrogens with zero attached hydrogens (tertiary/aromatic N) is 3. The van der Waals surface area contributed by atoms with Crippen molar-refractivity contribution < 1.29 is 9.59 Å². The maximum atomic E-state index is 12.3. The van der Waals surface area contributed by atoms with Gasteiger partial charge in [0.1, 0.15) is 0 Å². The van der Waals surface area contributed by atoms with E-state index in [-0.39, 0.29) is 11.8 Å². The summed E-state index contributed by atoms with van der Waals surface area (Å²) < 4.78 is 0. The standard InChI is InChI=1S/C15H27N3O2/c1-16(2)8-7-14(19)17-9-11-18(12-10-17)15(20)13-5-3-4-6-13/h13H,3-12H2,1-2H3. The summed E-state index contributed by atoms with van der Waals surface area (Å²) >= 11 is 0. The van der Waals surface area contributed by atoms with Gasteiger partial charge in [-0.15, -0.1) is 0 Å². The molecule has 114 valence electrons. The smallest absolute Gasteiger partial charge is 0.225 e. The average molecular weight is 281 g/mol. The summed E-state index contributed by atoms with van der Waals surface area (Å²) in [7, 11) is 3.96. The quantitative estimate of drug-likeness (QED) is 0.765. The third-order valence-electron chi connectivity index (χ3n) is 4.42. The average Bonchev–Trinajstić information content (AvgIpc) is 2.98. The molecule has 2 rings (SSSR count). The Morgan fingerprint density at radius 3 is 2.10 bits per heavy atom. The third-order valence-corrected chi connectivity index (χ3v) is 4.42. The normalized spacial score (nSPS) is 20.8. The second-order valence-corrected chi connectivity index (χ2v) is 6.24. The van der Waals surface area contributed by atoms with Crippen LogP contribution in [0.15, 0.2) is 0 Å². The Kier molecular flexibility index (Phi) is 5.40. The lowest BCUT2D eigenvalue weighted by Crippen LogP contribution is -2.52. The van der Waals surface area contributed by atoms with Gasteiger partial charge in [-0.2, -0.15) is 0 Å². The largest absolute Gasteiger partial charge is 0.339 e. The highest BCUT2D eigenvalue weighted by Crippen LogP contribution is 2.26. The van der Waals surface area contributed by atoms with Crippen LogP contribution in [0.2, 0.25) is 0 Å². The number of hydrogen-bond acceptors (Lipinski definition) is 3. The van der Waals surface area contributed by atoms with Crippen LogP contribution in [0.4, 0.5) is 0 Å². The van der Waals surface area contributed by atoms with Crippen molar-refractivity contribution in [1.29, 1.82) is 0 Å². The minimum Gasteiger partial charge on any atom is -0.339 e. The van der Waals surface area contributed by atoms with Gasteiger partial charge >= 0.3 is 0 Å². The first-order valence-electron chi connectivity index (χ1n) is 7.79. The Labute approximate surface area is 121 Å². The van der Waals surface area contributed by atoms with E-state index in [0.29, 0.717) is 38.5 Å². The molecule has 20 heavy (non-hydrogen) atoms. The topological polar surface area (TPSA) is 43.9 Å². The van der Waals surface area contributed by atoms with E-state index < -0.39 is 0 Å². The van der Waals surface area contributed by atoms with Crippen molar-refractivity contribution in [3.8, 4) is 0 Å². The molecule has 2 amide bonds. The molecule has 0 aromatic rings. The minimum atomic E-state index is 0.215. The molecule has 2 aliphatic rings. The van der Waals surface area contributed by atoms with E-state index in [1.54, 1.807) is 0 Å². The second kappa shape index (κ2) is 7.07. The zero-order valence-corrected chi connectivity index (χ0v) is 12.8. The summed E-state index contributed by atoms with van der Waals surface area (Å²) in [6.45, 7) is 3.61. The van der Waals surface area contributed by atoms with Crippen LogP contribution < -0.4 is 0 Å². The fraction of sp³-hybridized carbons (Fsp3) is 0.867. The highest BCUT2D eigenvalue weighted by Gasteiger charge is 2.30. The molecule has 0 N–H and O–H groups in total. The van der Waals surface area contributed by atoms with Gasteiger partial charge in [-0.05, 0) is 26.9 Å². The molecule has 0 aromatic carbocycles. The van der Waals surface area contributed by atoms with E-state index >= 15 is 0 Å². The van der Waals surface area contributed by atoms with E-state index in [4.69, 9.17) is 0 Å². The van der Waals surface area contributed by atoms with Crippen molar-refractivity contribution >= 4 is 11.8 Å². The molecule has 0 radical (unpaired) electrons. The molecule has 5 heteroatoms. The highest BCUT2D eigenvalue weighted by molar-refractivity contribution is 5.80. The van der Waals surface area contributed by atoms with E-state index in [1.165, 1.54) is 12.8 Å². The lowest BCUT2D eigenvalue weighted by Gasteiger charge is -2.36. The van der Waals surface area contributed by atoms with E-state index in [0.717, 1.165) is 19.4 Å². The number of piperazine rings is 1. The van der Waals surface area contributed by atoms with E-state index in [1.807, 2.05) is 28.8 Å². The summed E-state index contributed by atoms with van der Waals surface area (Å²) in [5.41, 5.74) is 0. The molecule has 0 bridgehead atoms. The zero-order chi connectivity index (χ0) is 14.5. The fourth-order valence-electron chi connectivity index (χ4n) is 3.08. The number of carbonyl (C=O) groups is 2. The molecular weight excluding hydrogens is 254 g/mol. The zero-order valence-electron chi connectivity index (χ0n) is 12.8.